The van der Waals surface area contributed by atoms with Crippen molar-refractivity contribution in [2.75, 3.05) is 13.1 Å². The van der Waals surface area contributed by atoms with Crippen LogP contribution in [0.1, 0.15) is 37.6 Å². The number of ether oxygens (including phenoxy) is 1. The van der Waals surface area contributed by atoms with Gasteiger partial charge >= 0.3 is 6.09 Å². The standard InChI is InChI=1S/C15H19F3N2O3/c1-15(2,3)23-14(22)20-6-4-5-19-13(21)12-10(17)7-9(16)8-11(12)18/h7-8H,4-6H2,1-3H3,(H,19,21)(H,20,22). The molecule has 0 bridgehead atoms. The minimum Gasteiger partial charge on any atom is -0.444 e. The van der Waals surface area contributed by atoms with E-state index in [4.69, 9.17) is 4.74 Å². The maximum atomic E-state index is 13.4. The van der Waals surface area contributed by atoms with E-state index in [2.05, 4.69) is 10.6 Å². The lowest BCUT2D eigenvalue weighted by atomic mass is 10.1. The smallest absolute Gasteiger partial charge is 0.407 e. The third kappa shape index (κ3) is 6.58. The molecule has 0 atom stereocenters. The van der Waals surface area contributed by atoms with Crippen LogP contribution in [0.3, 0.4) is 0 Å². The molecular weight excluding hydrogens is 313 g/mol. The van der Waals surface area contributed by atoms with Gasteiger partial charge in [0.05, 0.1) is 0 Å². The van der Waals surface area contributed by atoms with Crippen LogP contribution in [0, 0.1) is 17.5 Å². The average Bonchev–Trinajstić information content (AvgIpc) is 2.34. The second kappa shape index (κ2) is 7.85. The second-order valence-corrected chi connectivity index (χ2v) is 5.78. The van der Waals surface area contributed by atoms with Gasteiger partial charge < -0.3 is 15.4 Å². The number of benzene rings is 1. The molecule has 0 unspecified atom stereocenters. The molecule has 0 aromatic heterocycles. The maximum Gasteiger partial charge on any atom is 0.407 e. The number of hydrogen-bond donors (Lipinski definition) is 2. The van der Waals surface area contributed by atoms with Crippen LogP contribution in [0.4, 0.5) is 18.0 Å². The van der Waals surface area contributed by atoms with Crippen molar-refractivity contribution in [3.8, 4) is 0 Å². The van der Waals surface area contributed by atoms with Crippen LogP contribution in [0.5, 0.6) is 0 Å². The van der Waals surface area contributed by atoms with Crippen LogP contribution in [-0.2, 0) is 4.74 Å². The summed E-state index contributed by atoms with van der Waals surface area (Å²) in [6, 6.07) is 0.865. The van der Waals surface area contributed by atoms with Crippen LogP contribution >= 0.6 is 0 Å². The molecule has 1 aromatic carbocycles. The highest BCUT2D eigenvalue weighted by Gasteiger charge is 2.19. The van der Waals surface area contributed by atoms with Crippen LogP contribution in [0.25, 0.3) is 0 Å². The summed E-state index contributed by atoms with van der Waals surface area (Å²) in [6.07, 6.45) is -0.269. The lowest BCUT2D eigenvalue weighted by Gasteiger charge is -2.19. The molecule has 0 spiro atoms. The van der Waals surface area contributed by atoms with E-state index in [1.54, 1.807) is 20.8 Å². The summed E-state index contributed by atoms with van der Waals surface area (Å²) in [5.74, 6) is -4.63. The number of nitrogens with one attached hydrogen (secondary N) is 2. The van der Waals surface area contributed by atoms with Gasteiger partial charge in [-0.15, -0.1) is 0 Å². The van der Waals surface area contributed by atoms with E-state index in [0.29, 0.717) is 18.6 Å². The van der Waals surface area contributed by atoms with Gasteiger partial charge in [0.1, 0.15) is 28.6 Å². The number of hydrogen-bond acceptors (Lipinski definition) is 3. The molecule has 0 radical (unpaired) electrons. The Labute approximate surface area is 132 Å². The summed E-state index contributed by atoms with van der Waals surface area (Å²) in [4.78, 5) is 23.0. The zero-order chi connectivity index (χ0) is 17.6. The second-order valence-electron chi connectivity index (χ2n) is 5.78. The highest BCUT2D eigenvalue weighted by atomic mass is 19.1. The molecule has 0 aliphatic heterocycles. The summed E-state index contributed by atoms with van der Waals surface area (Å²) in [5, 5.41) is 4.76. The average molecular weight is 332 g/mol. The molecule has 0 fully saturated rings. The number of carbonyl (C=O) groups excluding carboxylic acids is 2. The van der Waals surface area contributed by atoms with Crippen LogP contribution in [-0.4, -0.2) is 30.7 Å². The van der Waals surface area contributed by atoms with Crippen molar-refractivity contribution in [3.63, 3.8) is 0 Å². The Morgan fingerprint density at radius 2 is 1.57 bits per heavy atom. The fourth-order valence-corrected chi connectivity index (χ4v) is 1.64. The van der Waals surface area contributed by atoms with Gasteiger partial charge in [-0.2, -0.15) is 0 Å². The Morgan fingerprint density at radius 1 is 1.04 bits per heavy atom. The number of carbonyl (C=O) groups is 2. The van der Waals surface area contributed by atoms with Gasteiger partial charge in [-0.05, 0) is 27.2 Å². The van der Waals surface area contributed by atoms with Gasteiger partial charge in [0.2, 0.25) is 0 Å². The van der Waals surface area contributed by atoms with E-state index in [1.165, 1.54) is 0 Å². The van der Waals surface area contributed by atoms with Gasteiger partial charge in [-0.3, -0.25) is 4.79 Å². The van der Waals surface area contributed by atoms with E-state index in [1.807, 2.05) is 0 Å². The van der Waals surface area contributed by atoms with Gasteiger partial charge in [0.25, 0.3) is 5.91 Å². The Kier molecular flexibility index (Phi) is 6.41. The molecule has 2 amide bonds. The molecule has 128 valence electrons. The molecule has 5 nitrogen and oxygen atoms in total. The van der Waals surface area contributed by atoms with Crippen molar-refractivity contribution in [1.82, 2.24) is 10.6 Å². The van der Waals surface area contributed by atoms with Crippen molar-refractivity contribution in [2.24, 2.45) is 0 Å². The fraction of sp³-hybridized carbons (Fsp3) is 0.467. The third-order valence-corrected chi connectivity index (χ3v) is 2.54. The van der Waals surface area contributed by atoms with Gasteiger partial charge in [0, 0.05) is 25.2 Å². The van der Waals surface area contributed by atoms with E-state index in [0.717, 1.165) is 0 Å². The normalized spacial score (nSPS) is 11.0. The quantitative estimate of drug-likeness (QED) is 0.815. The van der Waals surface area contributed by atoms with E-state index in [9.17, 15) is 22.8 Å². The Morgan fingerprint density at radius 3 is 2.09 bits per heavy atom. The zero-order valence-corrected chi connectivity index (χ0v) is 13.1. The molecule has 0 saturated carbocycles. The van der Waals surface area contributed by atoms with E-state index < -0.39 is 40.6 Å². The van der Waals surface area contributed by atoms with Gasteiger partial charge in [-0.25, -0.2) is 18.0 Å². The first-order valence-corrected chi connectivity index (χ1v) is 7.00. The van der Waals surface area contributed by atoms with Crippen LogP contribution in [0.15, 0.2) is 12.1 Å². The maximum absolute atomic E-state index is 13.4. The van der Waals surface area contributed by atoms with Gasteiger partial charge in [0.15, 0.2) is 0 Å². The number of halogens is 3. The number of alkyl carbamates (subject to hydrolysis) is 1. The summed E-state index contributed by atoms with van der Waals surface area (Å²) in [7, 11) is 0. The van der Waals surface area contributed by atoms with Crippen molar-refractivity contribution in [3.05, 3.63) is 35.1 Å². The molecule has 0 aliphatic rings. The molecule has 1 rings (SSSR count). The van der Waals surface area contributed by atoms with Crippen LogP contribution in [0.2, 0.25) is 0 Å². The van der Waals surface area contributed by atoms with Crippen LogP contribution < -0.4 is 10.6 Å². The molecule has 0 saturated heterocycles. The highest BCUT2D eigenvalue weighted by molar-refractivity contribution is 5.94. The number of amides is 2. The largest absolute Gasteiger partial charge is 0.444 e. The fourth-order valence-electron chi connectivity index (χ4n) is 1.64. The topological polar surface area (TPSA) is 67.4 Å². The SMILES string of the molecule is CC(C)(C)OC(=O)NCCCNC(=O)c1c(F)cc(F)cc1F. The minimum absolute atomic E-state index is 0.0743. The molecule has 0 heterocycles. The lowest BCUT2D eigenvalue weighted by molar-refractivity contribution is 0.0527. The summed E-state index contributed by atoms with van der Waals surface area (Å²) in [6.45, 7) is 5.45. The molecular formula is C15H19F3N2O3. The summed E-state index contributed by atoms with van der Waals surface area (Å²) in [5.41, 5.74) is -1.46. The lowest BCUT2D eigenvalue weighted by Crippen LogP contribution is -2.34. The highest BCUT2D eigenvalue weighted by Crippen LogP contribution is 2.14. The zero-order valence-electron chi connectivity index (χ0n) is 13.1. The molecule has 0 aliphatic carbocycles. The van der Waals surface area contributed by atoms with E-state index >= 15 is 0 Å². The third-order valence-electron chi connectivity index (χ3n) is 2.54. The Bertz CT molecular complexity index is 563. The van der Waals surface area contributed by atoms with Gasteiger partial charge in [-0.1, -0.05) is 0 Å². The number of rotatable bonds is 5. The van der Waals surface area contributed by atoms with Crippen molar-refractivity contribution in [2.45, 2.75) is 32.8 Å². The van der Waals surface area contributed by atoms with Crippen molar-refractivity contribution in [1.29, 1.82) is 0 Å². The summed E-state index contributed by atoms with van der Waals surface area (Å²) < 4.78 is 44.5. The first-order valence-electron chi connectivity index (χ1n) is 7.00. The predicted octanol–water partition coefficient (Wildman–Crippen LogP) is 2.75. The Hall–Kier alpha value is -2.25. The first kappa shape index (κ1) is 18.8. The molecule has 8 heteroatoms. The minimum atomic E-state index is -1.27. The van der Waals surface area contributed by atoms with Crippen molar-refractivity contribution >= 4 is 12.0 Å². The Balaban J connectivity index is 2.37. The molecule has 23 heavy (non-hydrogen) atoms. The molecule has 2 N–H and O–H groups in total. The summed E-state index contributed by atoms with van der Waals surface area (Å²) >= 11 is 0. The van der Waals surface area contributed by atoms with Crippen molar-refractivity contribution < 1.29 is 27.5 Å². The molecule has 1 aromatic rings. The monoisotopic (exact) mass is 332 g/mol. The van der Waals surface area contributed by atoms with E-state index in [-0.39, 0.29) is 13.1 Å². The first-order chi connectivity index (χ1) is 10.6. The predicted molar refractivity (Wildman–Crippen MR) is 77.5 cm³/mol.